The Morgan fingerprint density at radius 1 is 1.62 bits per heavy atom. The number of amides is 1. The number of nitrogens with one attached hydrogen (secondary N) is 1. The van der Waals surface area contributed by atoms with Crippen molar-refractivity contribution in [3.05, 3.63) is 28.8 Å². The summed E-state index contributed by atoms with van der Waals surface area (Å²) >= 11 is 6.01. The van der Waals surface area contributed by atoms with Crippen molar-refractivity contribution in [1.29, 1.82) is 0 Å². The van der Waals surface area contributed by atoms with Crippen LogP contribution in [0.25, 0.3) is 0 Å². The highest BCUT2D eigenvalue weighted by Gasteiger charge is 2.12. The molecule has 0 spiro atoms. The van der Waals surface area contributed by atoms with E-state index >= 15 is 0 Å². The molecule has 0 heterocycles. The van der Waals surface area contributed by atoms with Gasteiger partial charge in [0.1, 0.15) is 5.75 Å². The van der Waals surface area contributed by atoms with Gasteiger partial charge in [-0.1, -0.05) is 17.7 Å². The van der Waals surface area contributed by atoms with Crippen LogP contribution in [0.5, 0.6) is 5.75 Å². The Hall–Kier alpha value is -1.26. The Kier molecular flexibility index (Phi) is 4.58. The summed E-state index contributed by atoms with van der Waals surface area (Å²) in [6, 6.07) is 5.40. The van der Waals surface area contributed by atoms with Gasteiger partial charge in [-0.05, 0) is 31.7 Å². The highest BCUT2D eigenvalue weighted by molar-refractivity contribution is 6.32. The molecule has 0 saturated carbocycles. The number of hydrogen-bond donors (Lipinski definition) is 2. The summed E-state index contributed by atoms with van der Waals surface area (Å²) in [5, 5.41) is 3.49. The van der Waals surface area contributed by atoms with Crippen molar-refractivity contribution in [3.63, 3.8) is 0 Å². The zero-order chi connectivity index (χ0) is 12.1. The molecule has 0 aliphatic heterocycles. The fourth-order valence-corrected chi connectivity index (χ4v) is 1.45. The number of hydrogen-bond acceptors (Lipinski definition) is 3. The number of nitrogens with two attached hydrogens (primary N) is 1. The summed E-state index contributed by atoms with van der Waals surface area (Å²) in [5.41, 5.74) is 6.14. The molecule has 1 atom stereocenters. The van der Waals surface area contributed by atoms with Crippen LogP contribution in [-0.4, -0.2) is 19.1 Å². The van der Waals surface area contributed by atoms with Gasteiger partial charge in [0.2, 0.25) is 0 Å². The number of halogens is 1. The van der Waals surface area contributed by atoms with E-state index in [1.807, 2.05) is 13.1 Å². The fourth-order valence-electron chi connectivity index (χ4n) is 1.20. The fraction of sp³-hybridized carbons (Fsp3) is 0.364. The van der Waals surface area contributed by atoms with E-state index in [-0.39, 0.29) is 0 Å². The topological polar surface area (TPSA) is 64.3 Å². The molecular weight excluding hydrogens is 228 g/mol. The minimum atomic E-state index is -0.687. The molecule has 1 unspecified atom stereocenters. The van der Waals surface area contributed by atoms with Gasteiger partial charge in [0.05, 0.1) is 5.02 Å². The molecule has 0 saturated heterocycles. The van der Waals surface area contributed by atoms with Gasteiger partial charge in [-0.3, -0.25) is 4.79 Å². The average molecular weight is 243 g/mol. The molecule has 0 aliphatic carbocycles. The zero-order valence-electron chi connectivity index (χ0n) is 9.29. The van der Waals surface area contributed by atoms with Crippen LogP contribution < -0.4 is 15.8 Å². The van der Waals surface area contributed by atoms with Gasteiger partial charge in [-0.2, -0.15) is 0 Å². The second kappa shape index (κ2) is 5.72. The van der Waals surface area contributed by atoms with Crippen LogP contribution in [0.2, 0.25) is 5.02 Å². The van der Waals surface area contributed by atoms with E-state index < -0.39 is 12.0 Å². The second-order valence-electron chi connectivity index (χ2n) is 3.46. The first-order valence-electron chi connectivity index (χ1n) is 4.93. The lowest BCUT2D eigenvalue weighted by atomic mass is 10.2. The molecule has 1 aromatic carbocycles. The van der Waals surface area contributed by atoms with Crippen molar-refractivity contribution in [2.45, 2.75) is 19.6 Å². The van der Waals surface area contributed by atoms with Gasteiger partial charge >= 0.3 is 0 Å². The van der Waals surface area contributed by atoms with Crippen LogP contribution in [0.15, 0.2) is 18.2 Å². The summed E-state index contributed by atoms with van der Waals surface area (Å²) in [7, 11) is 1.85. The Morgan fingerprint density at radius 3 is 2.81 bits per heavy atom. The van der Waals surface area contributed by atoms with Gasteiger partial charge in [0, 0.05) is 6.54 Å². The molecule has 0 aromatic heterocycles. The van der Waals surface area contributed by atoms with E-state index in [4.69, 9.17) is 22.1 Å². The van der Waals surface area contributed by atoms with Crippen LogP contribution in [0.4, 0.5) is 0 Å². The molecular formula is C11H15ClN2O2. The molecule has 88 valence electrons. The van der Waals surface area contributed by atoms with Gasteiger partial charge in [0.15, 0.2) is 6.10 Å². The van der Waals surface area contributed by atoms with Crippen LogP contribution >= 0.6 is 11.6 Å². The quantitative estimate of drug-likeness (QED) is 0.818. The molecule has 0 radical (unpaired) electrons. The van der Waals surface area contributed by atoms with Crippen molar-refractivity contribution in [1.82, 2.24) is 5.32 Å². The SMILES string of the molecule is CNCc1ccc(OC(C)C(N)=O)c(Cl)c1. The zero-order valence-corrected chi connectivity index (χ0v) is 10.0. The van der Waals surface area contributed by atoms with Crippen molar-refractivity contribution in [3.8, 4) is 5.75 Å². The van der Waals surface area contributed by atoms with Gasteiger partial charge < -0.3 is 15.8 Å². The minimum Gasteiger partial charge on any atom is -0.479 e. The predicted octanol–water partition coefficient (Wildman–Crippen LogP) is 1.31. The molecule has 5 heteroatoms. The van der Waals surface area contributed by atoms with E-state index in [2.05, 4.69) is 5.32 Å². The van der Waals surface area contributed by atoms with Crippen LogP contribution in [0.1, 0.15) is 12.5 Å². The highest BCUT2D eigenvalue weighted by atomic mass is 35.5. The Balaban J connectivity index is 2.78. The normalized spacial score (nSPS) is 12.2. The standard InChI is InChI=1S/C11H15ClN2O2/c1-7(11(13)15)16-10-4-3-8(6-14-2)5-9(10)12/h3-5,7,14H,6H2,1-2H3,(H2,13,15). The molecule has 3 N–H and O–H groups in total. The van der Waals surface area contributed by atoms with Crippen LogP contribution in [0, 0.1) is 0 Å². The molecule has 1 aromatic rings. The van der Waals surface area contributed by atoms with E-state index in [0.717, 1.165) is 12.1 Å². The van der Waals surface area contributed by atoms with Crippen molar-refractivity contribution in [2.24, 2.45) is 5.73 Å². The molecule has 0 fully saturated rings. The van der Waals surface area contributed by atoms with E-state index in [1.54, 1.807) is 19.1 Å². The molecule has 0 bridgehead atoms. The second-order valence-corrected chi connectivity index (χ2v) is 3.86. The summed E-state index contributed by atoms with van der Waals surface area (Å²) in [6.07, 6.45) is -0.687. The maximum Gasteiger partial charge on any atom is 0.258 e. The largest absolute Gasteiger partial charge is 0.479 e. The highest BCUT2D eigenvalue weighted by Crippen LogP contribution is 2.26. The molecule has 4 nitrogen and oxygen atoms in total. The maximum atomic E-state index is 10.8. The average Bonchev–Trinajstić information content (AvgIpc) is 2.22. The third kappa shape index (κ3) is 3.40. The summed E-state index contributed by atoms with van der Waals surface area (Å²) < 4.78 is 5.31. The van der Waals surface area contributed by atoms with E-state index in [1.165, 1.54) is 0 Å². The van der Waals surface area contributed by atoms with Crippen molar-refractivity contribution < 1.29 is 9.53 Å². The summed E-state index contributed by atoms with van der Waals surface area (Å²) in [4.78, 5) is 10.8. The van der Waals surface area contributed by atoms with Crippen LogP contribution in [0.3, 0.4) is 0 Å². The smallest absolute Gasteiger partial charge is 0.258 e. The molecule has 16 heavy (non-hydrogen) atoms. The Bertz CT molecular complexity index is 382. The third-order valence-electron chi connectivity index (χ3n) is 2.08. The van der Waals surface area contributed by atoms with Gasteiger partial charge in [-0.15, -0.1) is 0 Å². The van der Waals surface area contributed by atoms with Crippen molar-refractivity contribution in [2.75, 3.05) is 7.05 Å². The lowest BCUT2D eigenvalue weighted by Gasteiger charge is -2.13. The number of carbonyl (C=O) groups is 1. The molecule has 0 aliphatic rings. The first-order valence-corrected chi connectivity index (χ1v) is 5.31. The number of primary amides is 1. The monoisotopic (exact) mass is 242 g/mol. The summed E-state index contributed by atoms with van der Waals surface area (Å²) in [5.74, 6) is -0.0526. The molecule has 1 rings (SSSR count). The molecule has 1 amide bonds. The minimum absolute atomic E-state index is 0.466. The van der Waals surface area contributed by atoms with Gasteiger partial charge in [-0.25, -0.2) is 0 Å². The van der Waals surface area contributed by atoms with E-state index in [9.17, 15) is 4.79 Å². The lowest BCUT2D eigenvalue weighted by molar-refractivity contribution is -0.123. The number of rotatable bonds is 5. The number of carbonyl (C=O) groups excluding carboxylic acids is 1. The van der Waals surface area contributed by atoms with Gasteiger partial charge in [0.25, 0.3) is 5.91 Å². The van der Waals surface area contributed by atoms with Crippen molar-refractivity contribution >= 4 is 17.5 Å². The Morgan fingerprint density at radius 2 is 2.31 bits per heavy atom. The number of benzene rings is 1. The summed E-state index contributed by atoms with van der Waals surface area (Å²) in [6.45, 7) is 2.31. The predicted molar refractivity (Wildman–Crippen MR) is 63.5 cm³/mol. The maximum absolute atomic E-state index is 10.8. The van der Waals surface area contributed by atoms with E-state index in [0.29, 0.717) is 10.8 Å². The lowest BCUT2D eigenvalue weighted by Crippen LogP contribution is -2.30. The third-order valence-corrected chi connectivity index (χ3v) is 2.38. The number of ether oxygens (including phenoxy) is 1. The van der Waals surface area contributed by atoms with Crippen LogP contribution in [-0.2, 0) is 11.3 Å². The Labute approximate surface area is 99.7 Å². The first kappa shape index (κ1) is 12.8. The first-order chi connectivity index (χ1) is 7.54.